The highest BCUT2D eigenvalue weighted by Gasteiger charge is 2.21. The zero-order valence-corrected chi connectivity index (χ0v) is 17.3. The minimum atomic E-state index is 0.0354. The van der Waals surface area contributed by atoms with Gasteiger partial charge in [-0.3, -0.25) is 14.7 Å². The van der Waals surface area contributed by atoms with Crippen LogP contribution in [0.25, 0.3) is 11.4 Å². The molecule has 1 N–H and O–H groups in total. The van der Waals surface area contributed by atoms with Crippen LogP contribution in [-0.4, -0.2) is 45.1 Å². The van der Waals surface area contributed by atoms with Crippen molar-refractivity contribution in [1.29, 1.82) is 0 Å². The molecule has 3 aromatic rings. The highest BCUT2D eigenvalue weighted by molar-refractivity contribution is 5.76. The van der Waals surface area contributed by atoms with Gasteiger partial charge < -0.3 is 9.84 Å². The number of amides is 1. The average Bonchev–Trinajstić information content (AvgIpc) is 3.24. The van der Waals surface area contributed by atoms with E-state index in [1.54, 1.807) is 12.4 Å². The lowest BCUT2D eigenvalue weighted by Gasteiger charge is -2.32. The summed E-state index contributed by atoms with van der Waals surface area (Å²) in [5.41, 5.74) is 3.44. The average molecular weight is 406 g/mol. The number of likely N-dealkylation sites (tertiary alicyclic amines) is 1. The highest BCUT2D eigenvalue weighted by atomic mass is 16.5. The van der Waals surface area contributed by atoms with Crippen LogP contribution in [0.15, 0.2) is 53.3 Å². The Kier molecular flexibility index (Phi) is 6.49. The van der Waals surface area contributed by atoms with Crippen LogP contribution in [0.2, 0.25) is 0 Å². The molecule has 0 saturated carbocycles. The number of aromatic nitrogens is 3. The van der Waals surface area contributed by atoms with Crippen molar-refractivity contribution in [2.75, 3.05) is 13.1 Å². The van der Waals surface area contributed by atoms with Gasteiger partial charge in [-0.1, -0.05) is 35.0 Å². The fourth-order valence-electron chi connectivity index (χ4n) is 3.79. The van der Waals surface area contributed by atoms with Crippen molar-refractivity contribution in [3.8, 4) is 11.4 Å². The lowest BCUT2D eigenvalue weighted by molar-refractivity contribution is -0.122. The number of aryl methyl sites for hydroxylation is 2. The second kappa shape index (κ2) is 9.63. The minimum absolute atomic E-state index is 0.0354. The molecule has 4 rings (SSSR count). The molecule has 7 heteroatoms. The van der Waals surface area contributed by atoms with Crippen LogP contribution in [0.5, 0.6) is 0 Å². The van der Waals surface area contributed by atoms with Crippen LogP contribution in [-0.2, 0) is 17.8 Å². The van der Waals surface area contributed by atoms with Crippen LogP contribution in [0.1, 0.15) is 36.3 Å². The monoisotopic (exact) mass is 405 g/mol. The van der Waals surface area contributed by atoms with Gasteiger partial charge in [-0.05, 0) is 37.5 Å². The third-order valence-electron chi connectivity index (χ3n) is 5.40. The summed E-state index contributed by atoms with van der Waals surface area (Å²) < 4.78 is 5.26. The topological polar surface area (TPSA) is 84.2 Å². The molecule has 0 atom stereocenters. The molecular weight excluding hydrogens is 378 g/mol. The van der Waals surface area contributed by atoms with Crippen LogP contribution < -0.4 is 5.32 Å². The summed E-state index contributed by atoms with van der Waals surface area (Å²) in [6.07, 6.45) is 6.12. The van der Waals surface area contributed by atoms with E-state index in [9.17, 15) is 4.79 Å². The number of piperidine rings is 1. The maximum absolute atomic E-state index is 12.3. The van der Waals surface area contributed by atoms with Crippen molar-refractivity contribution in [3.05, 3.63) is 65.8 Å². The number of benzene rings is 1. The largest absolute Gasteiger partial charge is 0.353 e. The molecule has 1 aliphatic heterocycles. The molecule has 0 bridgehead atoms. The molecule has 0 aliphatic carbocycles. The predicted molar refractivity (Wildman–Crippen MR) is 113 cm³/mol. The number of nitrogens with one attached hydrogen (secondary N) is 1. The maximum Gasteiger partial charge on any atom is 0.227 e. The number of hydrogen-bond donors (Lipinski definition) is 1. The quantitative estimate of drug-likeness (QED) is 0.650. The molecule has 1 aliphatic rings. The van der Waals surface area contributed by atoms with Gasteiger partial charge >= 0.3 is 0 Å². The zero-order valence-electron chi connectivity index (χ0n) is 17.3. The Morgan fingerprint density at radius 1 is 1.23 bits per heavy atom. The molecule has 0 radical (unpaired) electrons. The number of carbonyl (C=O) groups is 1. The van der Waals surface area contributed by atoms with E-state index < -0.39 is 0 Å². The molecule has 2 aromatic heterocycles. The first-order valence-corrected chi connectivity index (χ1v) is 10.5. The lowest BCUT2D eigenvalue weighted by Crippen LogP contribution is -2.44. The SMILES string of the molecule is Cc1cccc(CN2CCC(NC(=O)CCc3nc(-c4cccnc4)no3)CC2)c1. The fourth-order valence-corrected chi connectivity index (χ4v) is 3.79. The van der Waals surface area contributed by atoms with Gasteiger partial charge in [0.2, 0.25) is 17.6 Å². The Balaban J connectivity index is 1.19. The van der Waals surface area contributed by atoms with Gasteiger partial charge in [-0.2, -0.15) is 4.98 Å². The Labute approximate surface area is 176 Å². The third-order valence-corrected chi connectivity index (χ3v) is 5.40. The molecule has 0 unspecified atom stereocenters. The van der Waals surface area contributed by atoms with E-state index in [0.29, 0.717) is 24.6 Å². The van der Waals surface area contributed by atoms with Gasteiger partial charge in [0.25, 0.3) is 0 Å². The van der Waals surface area contributed by atoms with Gasteiger partial charge in [0.1, 0.15) is 0 Å². The first kappa shape index (κ1) is 20.2. The molecule has 1 saturated heterocycles. The number of carbonyl (C=O) groups excluding carboxylic acids is 1. The smallest absolute Gasteiger partial charge is 0.227 e. The third kappa shape index (κ3) is 5.51. The van der Waals surface area contributed by atoms with E-state index >= 15 is 0 Å². The van der Waals surface area contributed by atoms with Crippen LogP contribution >= 0.6 is 0 Å². The lowest BCUT2D eigenvalue weighted by atomic mass is 10.0. The molecule has 1 amide bonds. The highest BCUT2D eigenvalue weighted by Crippen LogP contribution is 2.16. The van der Waals surface area contributed by atoms with E-state index in [1.165, 1.54) is 11.1 Å². The second-order valence-electron chi connectivity index (χ2n) is 7.86. The summed E-state index contributed by atoms with van der Waals surface area (Å²) in [5, 5.41) is 7.12. The normalized spacial score (nSPS) is 15.2. The molecule has 30 heavy (non-hydrogen) atoms. The summed E-state index contributed by atoms with van der Waals surface area (Å²) in [6, 6.07) is 12.6. The maximum atomic E-state index is 12.3. The van der Waals surface area contributed by atoms with Gasteiger partial charge in [0, 0.05) is 56.5 Å². The first-order chi connectivity index (χ1) is 14.7. The van der Waals surface area contributed by atoms with Crippen molar-refractivity contribution in [2.45, 2.75) is 45.2 Å². The number of rotatable bonds is 7. The van der Waals surface area contributed by atoms with Gasteiger partial charge in [-0.15, -0.1) is 0 Å². The van der Waals surface area contributed by atoms with Crippen molar-refractivity contribution < 1.29 is 9.32 Å². The van der Waals surface area contributed by atoms with Crippen molar-refractivity contribution >= 4 is 5.91 Å². The summed E-state index contributed by atoms with van der Waals surface area (Å²) >= 11 is 0. The van der Waals surface area contributed by atoms with Crippen LogP contribution in [0, 0.1) is 6.92 Å². The minimum Gasteiger partial charge on any atom is -0.353 e. The Bertz CT molecular complexity index is 964. The molecule has 1 fully saturated rings. The van der Waals surface area contributed by atoms with E-state index in [4.69, 9.17) is 4.52 Å². The fraction of sp³-hybridized carbons (Fsp3) is 0.391. The summed E-state index contributed by atoms with van der Waals surface area (Å²) in [4.78, 5) is 23.2. The van der Waals surface area contributed by atoms with Gasteiger partial charge in [0.05, 0.1) is 0 Å². The predicted octanol–water partition coefficient (Wildman–Crippen LogP) is 3.15. The van der Waals surface area contributed by atoms with Crippen molar-refractivity contribution in [2.24, 2.45) is 0 Å². The second-order valence-corrected chi connectivity index (χ2v) is 7.86. The van der Waals surface area contributed by atoms with E-state index in [1.807, 2.05) is 12.1 Å². The zero-order chi connectivity index (χ0) is 20.8. The Hall–Kier alpha value is -3.06. The van der Waals surface area contributed by atoms with Gasteiger partial charge in [-0.25, -0.2) is 0 Å². The molecular formula is C23H27N5O2. The standard InChI is InChI=1S/C23H27N5O2/c1-17-4-2-5-18(14-17)16-28-12-9-20(10-13-28)25-21(29)7-8-22-26-23(27-30-22)19-6-3-11-24-15-19/h2-6,11,14-15,20H,7-10,12-13,16H2,1H3,(H,25,29). The Morgan fingerprint density at radius 3 is 2.87 bits per heavy atom. The van der Waals surface area contributed by atoms with E-state index in [-0.39, 0.29) is 11.9 Å². The molecule has 1 aromatic carbocycles. The molecule has 7 nitrogen and oxygen atoms in total. The van der Waals surface area contributed by atoms with Crippen LogP contribution in [0.4, 0.5) is 0 Å². The summed E-state index contributed by atoms with van der Waals surface area (Å²) in [6.45, 7) is 5.09. The summed E-state index contributed by atoms with van der Waals surface area (Å²) in [5.74, 6) is 1.00. The summed E-state index contributed by atoms with van der Waals surface area (Å²) in [7, 11) is 0. The Morgan fingerprint density at radius 2 is 2.10 bits per heavy atom. The van der Waals surface area contributed by atoms with E-state index in [0.717, 1.165) is 38.0 Å². The first-order valence-electron chi connectivity index (χ1n) is 10.5. The van der Waals surface area contributed by atoms with Crippen molar-refractivity contribution in [1.82, 2.24) is 25.3 Å². The molecule has 156 valence electrons. The number of hydrogen-bond acceptors (Lipinski definition) is 6. The van der Waals surface area contributed by atoms with Crippen LogP contribution in [0.3, 0.4) is 0 Å². The molecule has 3 heterocycles. The van der Waals surface area contributed by atoms with Crippen molar-refractivity contribution in [3.63, 3.8) is 0 Å². The molecule has 0 spiro atoms. The number of nitrogens with zero attached hydrogens (tertiary/aromatic N) is 4. The van der Waals surface area contributed by atoms with Gasteiger partial charge in [0.15, 0.2) is 0 Å². The van der Waals surface area contributed by atoms with E-state index in [2.05, 4.69) is 56.5 Å². The number of pyridine rings is 1.